The van der Waals surface area contributed by atoms with Crippen molar-refractivity contribution < 1.29 is 9.59 Å². The van der Waals surface area contributed by atoms with E-state index in [1.165, 1.54) is 0 Å². The van der Waals surface area contributed by atoms with Gasteiger partial charge in [-0.15, -0.1) is 0 Å². The van der Waals surface area contributed by atoms with Gasteiger partial charge >= 0.3 is 6.03 Å². The van der Waals surface area contributed by atoms with Crippen LogP contribution in [0.5, 0.6) is 0 Å². The van der Waals surface area contributed by atoms with Gasteiger partial charge in [-0.05, 0) is 12.1 Å². The average molecular weight is 240 g/mol. The molecule has 1 saturated heterocycles. The molecule has 0 radical (unpaired) electrons. The monoisotopic (exact) mass is 239 g/mol. The zero-order valence-electron chi connectivity index (χ0n) is 8.29. The summed E-state index contributed by atoms with van der Waals surface area (Å²) >= 11 is 5.94. The summed E-state index contributed by atoms with van der Waals surface area (Å²) < 4.78 is 0. The molecule has 1 aromatic rings. The van der Waals surface area contributed by atoms with Crippen molar-refractivity contribution >= 4 is 29.2 Å². The van der Waals surface area contributed by atoms with Crippen LogP contribution in [0.2, 0.25) is 5.02 Å². The van der Waals surface area contributed by atoms with Gasteiger partial charge in [-0.3, -0.25) is 10.1 Å². The molecular weight excluding hydrogens is 230 g/mol. The van der Waals surface area contributed by atoms with Gasteiger partial charge in [-0.25, -0.2) is 4.79 Å². The predicted molar refractivity (Wildman–Crippen MR) is 60.4 cm³/mol. The largest absolute Gasteiger partial charge is 0.371 e. The lowest BCUT2D eigenvalue weighted by molar-refractivity contribution is -0.121. The maximum absolute atomic E-state index is 11.4. The number of amides is 3. The van der Waals surface area contributed by atoms with Crippen LogP contribution in [0.4, 0.5) is 10.5 Å². The number of rotatable bonds is 2. The molecule has 0 unspecified atom stereocenters. The quantitative estimate of drug-likeness (QED) is 0.720. The second kappa shape index (κ2) is 4.40. The molecule has 1 aliphatic heterocycles. The van der Waals surface area contributed by atoms with Crippen molar-refractivity contribution in [1.29, 1.82) is 0 Å². The van der Waals surface area contributed by atoms with Gasteiger partial charge in [0, 0.05) is 6.54 Å². The fourth-order valence-electron chi connectivity index (χ4n) is 1.41. The molecule has 0 aromatic heterocycles. The van der Waals surface area contributed by atoms with Crippen LogP contribution in [-0.2, 0) is 4.79 Å². The molecule has 3 N–H and O–H groups in total. The highest BCUT2D eigenvalue weighted by molar-refractivity contribution is 6.33. The number of hydrogen-bond donors (Lipinski definition) is 3. The van der Waals surface area contributed by atoms with Gasteiger partial charge in [0.2, 0.25) is 0 Å². The Morgan fingerprint density at radius 1 is 1.31 bits per heavy atom. The number of carbonyl (C=O) groups is 2. The molecule has 2 rings (SSSR count). The van der Waals surface area contributed by atoms with Gasteiger partial charge in [0.25, 0.3) is 5.91 Å². The lowest BCUT2D eigenvalue weighted by atomic mass is 10.2. The third-order valence-electron chi connectivity index (χ3n) is 2.22. The van der Waals surface area contributed by atoms with Crippen LogP contribution in [0.1, 0.15) is 0 Å². The highest BCUT2D eigenvalue weighted by Crippen LogP contribution is 2.21. The molecule has 1 aliphatic rings. The van der Waals surface area contributed by atoms with Crippen molar-refractivity contribution in [2.75, 3.05) is 11.9 Å². The summed E-state index contributed by atoms with van der Waals surface area (Å²) in [6.07, 6.45) is 0. The topological polar surface area (TPSA) is 70.2 Å². The summed E-state index contributed by atoms with van der Waals surface area (Å²) in [6, 6.07) is 6.14. The normalized spacial score (nSPS) is 19.9. The van der Waals surface area contributed by atoms with Gasteiger partial charge in [0.05, 0.1) is 10.7 Å². The van der Waals surface area contributed by atoms with Crippen LogP contribution >= 0.6 is 11.6 Å². The highest BCUT2D eigenvalue weighted by atomic mass is 35.5. The predicted octanol–water partition coefficient (Wildman–Crippen LogP) is 0.960. The van der Waals surface area contributed by atoms with E-state index in [0.717, 1.165) is 0 Å². The van der Waals surface area contributed by atoms with E-state index in [1.807, 2.05) is 6.07 Å². The molecule has 1 heterocycles. The number of benzene rings is 1. The molecule has 0 bridgehead atoms. The fourth-order valence-corrected chi connectivity index (χ4v) is 1.60. The van der Waals surface area contributed by atoms with Crippen LogP contribution in [0, 0.1) is 0 Å². The first-order chi connectivity index (χ1) is 7.66. The summed E-state index contributed by atoms with van der Waals surface area (Å²) in [6.45, 7) is 0.246. The average Bonchev–Trinajstić information content (AvgIpc) is 2.25. The Hall–Kier alpha value is -1.75. The Kier molecular flexibility index (Phi) is 2.96. The Labute approximate surface area is 97.2 Å². The minimum absolute atomic E-state index is 0.246. The Balaban J connectivity index is 2.08. The van der Waals surface area contributed by atoms with Gasteiger partial charge in [-0.1, -0.05) is 23.7 Å². The van der Waals surface area contributed by atoms with Gasteiger partial charge in [-0.2, -0.15) is 0 Å². The maximum atomic E-state index is 11.4. The van der Waals surface area contributed by atoms with Gasteiger partial charge in [0.15, 0.2) is 0 Å². The molecule has 84 valence electrons. The summed E-state index contributed by atoms with van der Waals surface area (Å²) in [5.74, 6) is -0.358. The number of urea groups is 1. The van der Waals surface area contributed by atoms with E-state index in [-0.39, 0.29) is 12.5 Å². The van der Waals surface area contributed by atoms with E-state index in [9.17, 15) is 9.59 Å². The molecule has 3 amide bonds. The molecular formula is C10H10ClN3O2. The summed E-state index contributed by atoms with van der Waals surface area (Å²) in [4.78, 5) is 22.3. The standard InChI is InChI=1S/C10H10ClN3O2/c11-6-3-1-2-4-7(6)13-8-5-12-10(16)14-9(8)15/h1-4,8,13H,5H2,(H2,12,14,15,16)/t8-/m1/s1. The summed E-state index contributed by atoms with van der Waals surface area (Å²) in [7, 11) is 0. The second-order valence-corrected chi connectivity index (χ2v) is 3.78. The van der Waals surface area contributed by atoms with Crippen LogP contribution < -0.4 is 16.0 Å². The minimum Gasteiger partial charge on any atom is -0.371 e. The molecule has 1 atom stereocenters. The van der Waals surface area contributed by atoms with Crippen LogP contribution in [0.3, 0.4) is 0 Å². The molecule has 1 fully saturated rings. The number of para-hydroxylation sites is 1. The molecule has 16 heavy (non-hydrogen) atoms. The number of carbonyl (C=O) groups excluding carboxylic acids is 2. The molecule has 1 aromatic carbocycles. The first kappa shape index (κ1) is 10.8. The smallest absolute Gasteiger partial charge is 0.321 e. The summed E-state index contributed by atoms with van der Waals surface area (Å²) in [5.41, 5.74) is 0.667. The van der Waals surface area contributed by atoms with Crippen molar-refractivity contribution in [1.82, 2.24) is 10.6 Å². The zero-order chi connectivity index (χ0) is 11.5. The van der Waals surface area contributed by atoms with Gasteiger partial charge in [0.1, 0.15) is 6.04 Å². The third-order valence-corrected chi connectivity index (χ3v) is 2.55. The molecule has 6 heteroatoms. The molecule has 0 saturated carbocycles. The fraction of sp³-hybridized carbons (Fsp3) is 0.200. The number of nitrogens with one attached hydrogen (secondary N) is 3. The van der Waals surface area contributed by atoms with E-state index in [4.69, 9.17) is 11.6 Å². The Bertz CT molecular complexity index is 436. The van der Waals surface area contributed by atoms with E-state index in [2.05, 4.69) is 16.0 Å². The Morgan fingerprint density at radius 3 is 2.75 bits per heavy atom. The van der Waals surface area contributed by atoms with E-state index < -0.39 is 12.1 Å². The zero-order valence-corrected chi connectivity index (χ0v) is 9.04. The van der Waals surface area contributed by atoms with Crippen molar-refractivity contribution in [2.24, 2.45) is 0 Å². The van der Waals surface area contributed by atoms with Crippen LogP contribution in [0.25, 0.3) is 0 Å². The number of anilines is 1. The SMILES string of the molecule is O=C1NC[C@@H](Nc2ccccc2Cl)C(=O)N1. The third kappa shape index (κ3) is 2.25. The van der Waals surface area contributed by atoms with E-state index in [1.54, 1.807) is 18.2 Å². The summed E-state index contributed by atoms with van der Waals surface area (Å²) in [5, 5.41) is 8.20. The second-order valence-electron chi connectivity index (χ2n) is 3.38. The van der Waals surface area contributed by atoms with Crippen LogP contribution in [0.15, 0.2) is 24.3 Å². The van der Waals surface area contributed by atoms with E-state index >= 15 is 0 Å². The van der Waals surface area contributed by atoms with Crippen molar-refractivity contribution in [3.8, 4) is 0 Å². The minimum atomic E-state index is -0.502. The lowest BCUT2D eigenvalue weighted by Gasteiger charge is -2.24. The number of imide groups is 1. The van der Waals surface area contributed by atoms with Crippen molar-refractivity contribution in [3.63, 3.8) is 0 Å². The van der Waals surface area contributed by atoms with Gasteiger partial charge < -0.3 is 10.6 Å². The lowest BCUT2D eigenvalue weighted by Crippen LogP contribution is -2.57. The van der Waals surface area contributed by atoms with Crippen molar-refractivity contribution in [3.05, 3.63) is 29.3 Å². The Morgan fingerprint density at radius 2 is 2.06 bits per heavy atom. The highest BCUT2D eigenvalue weighted by Gasteiger charge is 2.26. The first-order valence-corrected chi connectivity index (χ1v) is 5.14. The number of hydrogen-bond acceptors (Lipinski definition) is 3. The first-order valence-electron chi connectivity index (χ1n) is 4.76. The molecule has 0 spiro atoms. The molecule has 0 aliphatic carbocycles. The maximum Gasteiger partial charge on any atom is 0.321 e. The number of halogens is 1. The van der Waals surface area contributed by atoms with Crippen molar-refractivity contribution in [2.45, 2.75) is 6.04 Å². The van der Waals surface area contributed by atoms with Crippen LogP contribution in [-0.4, -0.2) is 24.5 Å². The molecule has 5 nitrogen and oxygen atoms in total. The van der Waals surface area contributed by atoms with E-state index in [0.29, 0.717) is 10.7 Å².